The van der Waals surface area contributed by atoms with E-state index in [1.165, 1.54) is 12.8 Å². The SMILES string of the molecule is C#C[C@H]1CCCC[C@H]1N.Cl. The van der Waals surface area contributed by atoms with Crippen LogP contribution in [0.25, 0.3) is 0 Å². The van der Waals surface area contributed by atoms with Gasteiger partial charge in [0.1, 0.15) is 0 Å². The van der Waals surface area contributed by atoms with Gasteiger partial charge in [0.2, 0.25) is 0 Å². The van der Waals surface area contributed by atoms with Crippen molar-refractivity contribution in [3.63, 3.8) is 0 Å². The summed E-state index contributed by atoms with van der Waals surface area (Å²) in [7, 11) is 0. The smallest absolute Gasteiger partial charge is 0.0351 e. The molecule has 1 nitrogen and oxygen atoms in total. The van der Waals surface area contributed by atoms with E-state index < -0.39 is 0 Å². The van der Waals surface area contributed by atoms with Crippen LogP contribution in [0.3, 0.4) is 0 Å². The second-order valence-corrected chi connectivity index (χ2v) is 2.72. The van der Waals surface area contributed by atoms with E-state index in [-0.39, 0.29) is 18.4 Å². The first-order valence-electron chi connectivity index (χ1n) is 3.56. The fraction of sp³-hybridized carbons (Fsp3) is 0.750. The van der Waals surface area contributed by atoms with Gasteiger partial charge in [0, 0.05) is 12.0 Å². The summed E-state index contributed by atoms with van der Waals surface area (Å²) in [5.41, 5.74) is 5.75. The summed E-state index contributed by atoms with van der Waals surface area (Å²) in [6.07, 6.45) is 10.0. The van der Waals surface area contributed by atoms with Crippen molar-refractivity contribution >= 4 is 12.4 Å². The quantitative estimate of drug-likeness (QED) is 0.534. The highest BCUT2D eigenvalue weighted by molar-refractivity contribution is 5.85. The molecule has 58 valence electrons. The zero-order valence-corrected chi connectivity index (χ0v) is 6.86. The van der Waals surface area contributed by atoms with Crippen LogP contribution >= 0.6 is 12.4 Å². The Balaban J connectivity index is 0.000000810. The van der Waals surface area contributed by atoms with Crippen molar-refractivity contribution < 1.29 is 0 Å². The van der Waals surface area contributed by atoms with E-state index in [9.17, 15) is 0 Å². The van der Waals surface area contributed by atoms with Gasteiger partial charge in [-0.3, -0.25) is 0 Å². The zero-order chi connectivity index (χ0) is 6.69. The summed E-state index contributed by atoms with van der Waals surface area (Å²) < 4.78 is 0. The molecule has 2 N–H and O–H groups in total. The molecule has 2 atom stereocenters. The minimum atomic E-state index is 0. The van der Waals surface area contributed by atoms with Gasteiger partial charge in [-0.25, -0.2) is 0 Å². The molecule has 1 saturated carbocycles. The molecule has 0 heterocycles. The summed E-state index contributed by atoms with van der Waals surface area (Å²) >= 11 is 0. The summed E-state index contributed by atoms with van der Waals surface area (Å²) in [6, 6.07) is 0.281. The highest BCUT2D eigenvalue weighted by Gasteiger charge is 2.18. The fourth-order valence-corrected chi connectivity index (χ4v) is 1.37. The number of hydrogen-bond donors (Lipinski definition) is 1. The van der Waals surface area contributed by atoms with Crippen LogP contribution in [-0.2, 0) is 0 Å². The zero-order valence-electron chi connectivity index (χ0n) is 6.05. The Bertz CT molecular complexity index is 128. The van der Waals surface area contributed by atoms with Crippen LogP contribution in [0.4, 0.5) is 0 Å². The van der Waals surface area contributed by atoms with E-state index in [0.717, 1.165) is 12.8 Å². The Morgan fingerprint density at radius 3 is 2.30 bits per heavy atom. The number of terminal acetylenes is 1. The summed E-state index contributed by atoms with van der Waals surface area (Å²) in [5.74, 6) is 3.09. The van der Waals surface area contributed by atoms with Crippen LogP contribution in [0.5, 0.6) is 0 Å². The van der Waals surface area contributed by atoms with Crippen molar-refractivity contribution in [3.8, 4) is 12.3 Å². The molecular formula is C8H14ClN. The molecule has 0 amide bonds. The normalized spacial score (nSPS) is 32.0. The maximum Gasteiger partial charge on any atom is 0.0351 e. The van der Waals surface area contributed by atoms with Crippen molar-refractivity contribution in [2.24, 2.45) is 11.7 Å². The molecule has 1 rings (SSSR count). The maximum absolute atomic E-state index is 5.75. The lowest BCUT2D eigenvalue weighted by atomic mass is 9.86. The standard InChI is InChI=1S/C8H13N.ClH/c1-2-7-5-3-4-6-8(7)9;/h1,7-8H,3-6,9H2;1H/t7-,8+;/m0./s1. The average molecular weight is 160 g/mol. The Kier molecular flexibility index (Phi) is 4.51. The Morgan fingerprint density at radius 1 is 1.30 bits per heavy atom. The highest BCUT2D eigenvalue weighted by atomic mass is 35.5. The van der Waals surface area contributed by atoms with Gasteiger partial charge in [0.25, 0.3) is 0 Å². The molecule has 0 aliphatic heterocycles. The highest BCUT2D eigenvalue weighted by Crippen LogP contribution is 2.21. The van der Waals surface area contributed by atoms with Gasteiger partial charge in [0.15, 0.2) is 0 Å². The van der Waals surface area contributed by atoms with E-state index in [0.29, 0.717) is 5.92 Å². The first-order chi connectivity index (χ1) is 4.34. The topological polar surface area (TPSA) is 26.0 Å². The monoisotopic (exact) mass is 159 g/mol. The number of hydrogen-bond acceptors (Lipinski definition) is 1. The van der Waals surface area contributed by atoms with Gasteiger partial charge in [-0.15, -0.1) is 24.8 Å². The predicted octanol–water partition coefficient (Wildman–Crippen LogP) is 1.56. The molecule has 0 aromatic heterocycles. The van der Waals surface area contributed by atoms with E-state index in [2.05, 4.69) is 5.92 Å². The van der Waals surface area contributed by atoms with Crippen LogP contribution in [0.15, 0.2) is 0 Å². The first-order valence-corrected chi connectivity index (χ1v) is 3.56. The van der Waals surface area contributed by atoms with E-state index >= 15 is 0 Å². The van der Waals surface area contributed by atoms with Crippen molar-refractivity contribution in [1.29, 1.82) is 0 Å². The van der Waals surface area contributed by atoms with Crippen molar-refractivity contribution in [2.45, 2.75) is 31.7 Å². The van der Waals surface area contributed by atoms with Crippen molar-refractivity contribution in [2.75, 3.05) is 0 Å². The minimum Gasteiger partial charge on any atom is -0.327 e. The molecule has 0 aromatic carbocycles. The molecule has 1 aliphatic rings. The van der Waals surface area contributed by atoms with Gasteiger partial charge < -0.3 is 5.73 Å². The number of halogens is 1. The molecule has 0 radical (unpaired) electrons. The van der Waals surface area contributed by atoms with Gasteiger partial charge in [-0.1, -0.05) is 12.8 Å². The Morgan fingerprint density at radius 2 is 1.90 bits per heavy atom. The van der Waals surface area contributed by atoms with Gasteiger partial charge in [-0.2, -0.15) is 0 Å². The minimum absolute atomic E-state index is 0. The van der Waals surface area contributed by atoms with E-state index in [1.54, 1.807) is 0 Å². The van der Waals surface area contributed by atoms with Crippen LogP contribution in [-0.4, -0.2) is 6.04 Å². The second kappa shape index (κ2) is 4.60. The Hall–Kier alpha value is -0.190. The third-order valence-electron chi connectivity index (χ3n) is 2.03. The molecule has 0 unspecified atom stereocenters. The summed E-state index contributed by atoms with van der Waals surface area (Å²) in [6.45, 7) is 0. The van der Waals surface area contributed by atoms with Crippen LogP contribution < -0.4 is 5.73 Å². The van der Waals surface area contributed by atoms with Gasteiger partial charge >= 0.3 is 0 Å². The molecule has 1 fully saturated rings. The second-order valence-electron chi connectivity index (χ2n) is 2.72. The maximum atomic E-state index is 5.75. The van der Waals surface area contributed by atoms with Gasteiger partial charge in [-0.05, 0) is 12.8 Å². The van der Waals surface area contributed by atoms with Gasteiger partial charge in [0.05, 0.1) is 0 Å². The van der Waals surface area contributed by atoms with Crippen molar-refractivity contribution in [1.82, 2.24) is 0 Å². The van der Waals surface area contributed by atoms with E-state index in [1.807, 2.05) is 0 Å². The largest absolute Gasteiger partial charge is 0.327 e. The fourth-order valence-electron chi connectivity index (χ4n) is 1.37. The van der Waals surface area contributed by atoms with Crippen LogP contribution in [0.2, 0.25) is 0 Å². The van der Waals surface area contributed by atoms with Crippen molar-refractivity contribution in [3.05, 3.63) is 0 Å². The first kappa shape index (κ1) is 9.81. The average Bonchev–Trinajstić information content (AvgIpc) is 1.89. The molecule has 0 aromatic rings. The Labute approximate surface area is 68.8 Å². The van der Waals surface area contributed by atoms with E-state index in [4.69, 9.17) is 12.2 Å². The van der Waals surface area contributed by atoms with Crippen LogP contribution in [0.1, 0.15) is 25.7 Å². The molecule has 1 aliphatic carbocycles. The molecule has 0 bridgehead atoms. The lowest BCUT2D eigenvalue weighted by Gasteiger charge is -2.23. The lowest BCUT2D eigenvalue weighted by Crippen LogP contribution is -2.31. The lowest BCUT2D eigenvalue weighted by molar-refractivity contribution is 0.372. The molecule has 0 saturated heterocycles. The molecule has 10 heavy (non-hydrogen) atoms. The third-order valence-corrected chi connectivity index (χ3v) is 2.03. The summed E-state index contributed by atoms with van der Waals surface area (Å²) in [4.78, 5) is 0. The predicted molar refractivity (Wildman–Crippen MR) is 46.0 cm³/mol. The summed E-state index contributed by atoms with van der Waals surface area (Å²) in [5, 5.41) is 0. The molecular weight excluding hydrogens is 146 g/mol. The third kappa shape index (κ3) is 2.21. The molecule has 0 spiro atoms. The molecule has 2 heteroatoms. The van der Waals surface area contributed by atoms with Crippen LogP contribution in [0, 0.1) is 18.3 Å². The number of nitrogens with two attached hydrogens (primary N) is 1. The number of rotatable bonds is 0.